The second kappa shape index (κ2) is 7.73. The van der Waals surface area contributed by atoms with Gasteiger partial charge in [-0.2, -0.15) is 0 Å². The number of hydrogen-bond acceptors (Lipinski definition) is 6. The van der Waals surface area contributed by atoms with Crippen LogP contribution in [-0.4, -0.2) is 39.1 Å². The van der Waals surface area contributed by atoms with E-state index in [2.05, 4.69) is 20.8 Å². The lowest BCUT2D eigenvalue weighted by Crippen LogP contribution is -2.41. The number of thioether (sulfide) groups is 1. The first-order valence-electron chi connectivity index (χ1n) is 6.68. The van der Waals surface area contributed by atoms with Crippen molar-refractivity contribution in [2.24, 2.45) is 0 Å². The molecule has 24 heavy (non-hydrogen) atoms. The number of urea groups is 1. The van der Waals surface area contributed by atoms with Gasteiger partial charge in [0.05, 0.1) is 10.3 Å². The monoisotopic (exact) mass is 388 g/mol. The Balaban J connectivity index is 2.18. The van der Waals surface area contributed by atoms with Crippen molar-refractivity contribution >= 4 is 46.9 Å². The highest BCUT2D eigenvalue weighted by molar-refractivity contribution is 8.00. The number of nitrogen functional groups attached to an aromatic ring is 1. The Hall–Kier alpha value is -1.97. The molecule has 0 radical (unpaired) electrons. The molecule has 0 aliphatic heterocycles. The van der Waals surface area contributed by atoms with Crippen LogP contribution in [0.5, 0.6) is 0 Å². The number of benzene rings is 1. The fourth-order valence-corrected chi connectivity index (χ4v) is 2.96. The van der Waals surface area contributed by atoms with Crippen molar-refractivity contribution in [2.45, 2.75) is 17.3 Å². The van der Waals surface area contributed by atoms with Crippen molar-refractivity contribution in [3.05, 3.63) is 28.2 Å². The number of rotatable bonds is 4. The SMILES string of the molecule is CNC(=O)NC(=O)[C@@H](C)Sc1nnc(-c2ccc(Cl)cc2Cl)n1N. The maximum Gasteiger partial charge on any atom is 0.321 e. The summed E-state index contributed by atoms with van der Waals surface area (Å²) in [4.78, 5) is 23.0. The number of nitrogens with one attached hydrogen (secondary N) is 2. The Morgan fingerprint density at radius 1 is 1.33 bits per heavy atom. The number of halogens is 2. The summed E-state index contributed by atoms with van der Waals surface area (Å²) in [5.74, 6) is 5.84. The lowest BCUT2D eigenvalue weighted by Gasteiger charge is -2.10. The van der Waals surface area contributed by atoms with E-state index in [1.807, 2.05) is 0 Å². The number of aromatic nitrogens is 3. The van der Waals surface area contributed by atoms with Crippen LogP contribution in [0.3, 0.4) is 0 Å². The number of amides is 3. The zero-order chi connectivity index (χ0) is 17.9. The molecule has 0 bridgehead atoms. The molecule has 4 N–H and O–H groups in total. The van der Waals surface area contributed by atoms with Gasteiger partial charge < -0.3 is 11.2 Å². The molecule has 128 valence electrons. The van der Waals surface area contributed by atoms with Crippen LogP contribution >= 0.6 is 35.0 Å². The highest BCUT2D eigenvalue weighted by Gasteiger charge is 2.21. The van der Waals surface area contributed by atoms with Gasteiger partial charge in [0, 0.05) is 17.6 Å². The first-order chi connectivity index (χ1) is 11.3. The molecule has 1 aromatic heterocycles. The Morgan fingerprint density at radius 2 is 2.04 bits per heavy atom. The van der Waals surface area contributed by atoms with Crippen LogP contribution in [0, 0.1) is 0 Å². The maximum atomic E-state index is 11.9. The van der Waals surface area contributed by atoms with Crippen LogP contribution < -0.4 is 16.5 Å². The number of hydrogen-bond donors (Lipinski definition) is 3. The van der Waals surface area contributed by atoms with E-state index in [-0.39, 0.29) is 0 Å². The summed E-state index contributed by atoms with van der Waals surface area (Å²) in [6.45, 7) is 1.62. The molecule has 0 saturated heterocycles. The standard InChI is InChI=1S/C13H14Cl2N6O2S/c1-6(11(22)18-12(23)17-2)24-13-20-19-10(21(13)16)8-4-3-7(14)5-9(8)15/h3-6H,16H2,1-2H3,(H2,17,18,22,23)/t6-/m1/s1. The summed E-state index contributed by atoms with van der Waals surface area (Å²) >= 11 is 13.1. The Bertz CT molecular complexity index is 782. The molecule has 0 saturated carbocycles. The molecule has 0 aliphatic carbocycles. The van der Waals surface area contributed by atoms with E-state index in [1.165, 1.54) is 11.7 Å². The molecule has 1 heterocycles. The van der Waals surface area contributed by atoms with Gasteiger partial charge in [0.1, 0.15) is 0 Å². The zero-order valence-corrected chi connectivity index (χ0v) is 15.0. The van der Waals surface area contributed by atoms with E-state index in [1.54, 1.807) is 25.1 Å². The normalized spacial score (nSPS) is 11.8. The van der Waals surface area contributed by atoms with Crippen molar-refractivity contribution < 1.29 is 9.59 Å². The predicted octanol–water partition coefficient (Wildman–Crippen LogP) is 1.90. The predicted molar refractivity (Wildman–Crippen MR) is 93.5 cm³/mol. The molecule has 1 aromatic carbocycles. The lowest BCUT2D eigenvalue weighted by molar-refractivity contribution is -0.119. The van der Waals surface area contributed by atoms with E-state index in [9.17, 15) is 9.59 Å². The van der Waals surface area contributed by atoms with Crippen LogP contribution in [0.2, 0.25) is 10.0 Å². The molecule has 0 fully saturated rings. The van der Waals surface area contributed by atoms with Crippen molar-refractivity contribution in [1.29, 1.82) is 0 Å². The quantitative estimate of drug-likeness (QED) is 0.544. The molecule has 2 aromatic rings. The third kappa shape index (κ3) is 4.11. The summed E-state index contributed by atoms with van der Waals surface area (Å²) in [5, 5.41) is 13.0. The smallest absolute Gasteiger partial charge is 0.321 e. The van der Waals surface area contributed by atoms with Crippen molar-refractivity contribution in [2.75, 3.05) is 12.9 Å². The molecule has 0 spiro atoms. The van der Waals surface area contributed by atoms with Gasteiger partial charge in [0.15, 0.2) is 5.82 Å². The van der Waals surface area contributed by atoms with Gasteiger partial charge in [0.2, 0.25) is 11.1 Å². The van der Waals surface area contributed by atoms with Gasteiger partial charge in [-0.05, 0) is 25.1 Å². The highest BCUT2D eigenvalue weighted by atomic mass is 35.5. The lowest BCUT2D eigenvalue weighted by atomic mass is 10.2. The van der Waals surface area contributed by atoms with Gasteiger partial charge in [-0.3, -0.25) is 10.1 Å². The number of nitrogens with zero attached hydrogens (tertiary/aromatic N) is 3. The fourth-order valence-electron chi connectivity index (χ4n) is 1.70. The third-order valence-corrected chi connectivity index (χ3v) is 4.56. The van der Waals surface area contributed by atoms with Crippen LogP contribution in [0.25, 0.3) is 11.4 Å². The fraction of sp³-hybridized carbons (Fsp3) is 0.231. The largest absolute Gasteiger partial charge is 0.341 e. The van der Waals surface area contributed by atoms with Gasteiger partial charge in [0.25, 0.3) is 0 Å². The minimum absolute atomic E-state index is 0.301. The van der Waals surface area contributed by atoms with Crippen LogP contribution in [-0.2, 0) is 4.79 Å². The molecule has 2 rings (SSSR count). The van der Waals surface area contributed by atoms with Gasteiger partial charge in [-0.1, -0.05) is 35.0 Å². The summed E-state index contributed by atoms with van der Waals surface area (Å²) in [7, 11) is 1.42. The van der Waals surface area contributed by atoms with E-state index in [4.69, 9.17) is 29.0 Å². The number of imide groups is 1. The molecule has 1 atom stereocenters. The molecule has 0 unspecified atom stereocenters. The number of carbonyl (C=O) groups is 2. The van der Waals surface area contributed by atoms with Crippen LogP contribution in [0.15, 0.2) is 23.4 Å². The van der Waals surface area contributed by atoms with E-state index < -0.39 is 17.2 Å². The average Bonchev–Trinajstić information content (AvgIpc) is 2.88. The first kappa shape index (κ1) is 18.4. The second-order valence-corrected chi connectivity index (χ2v) is 6.78. The zero-order valence-electron chi connectivity index (χ0n) is 12.7. The number of carbonyl (C=O) groups excluding carboxylic acids is 2. The minimum Gasteiger partial charge on any atom is -0.341 e. The van der Waals surface area contributed by atoms with Crippen LogP contribution in [0.4, 0.5) is 4.79 Å². The van der Waals surface area contributed by atoms with Crippen LogP contribution in [0.1, 0.15) is 6.92 Å². The second-order valence-electron chi connectivity index (χ2n) is 4.63. The molecule has 11 heteroatoms. The van der Waals surface area contributed by atoms with Gasteiger partial charge >= 0.3 is 6.03 Å². The molecule has 3 amide bonds. The maximum absolute atomic E-state index is 11.9. The minimum atomic E-state index is -0.609. The van der Waals surface area contributed by atoms with E-state index in [0.29, 0.717) is 26.6 Å². The molecule has 8 nitrogen and oxygen atoms in total. The molecular weight excluding hydrogens is 375 g/mol. The highest BCUT2D eigenvalue weighted by Crippen LogP contribution is 2.31. The topological polar surface area (TPSA) is 115 Å². The molecular formula is C13H14Cl2N6O2S. The third-order valence-electron chi connectivity index (χ3n) is 2.95. The average molecular weight is 389 g/mol. The molecule has 0 aliphatic rings. The van der Waals surface area contributed by atoms with Crippen molar-refractivity contribution in [3.8, 4) is 11.4 Å². The van der Waals surface area contributed by atoms with Gasteiger partial charge in [-0.15, -0.1) is 10.2 Å². The summed E-state index contributed by atoms with van der Waals surface area (Å²) < 4.78 is 1.23. The Labute approximate surface area is 152 Å². The first-order valence-corrected chi connectivity index (χ1v) is 8.32. The van der Waals surface area contributed by atoms with E-state index in [0.717, 1.165) is 11.8 Å². The summed E-state index contributed by atoms with van der Waals surface area (Å²) in [5.41, 5.74) is 0.561. The van der Waals surface area contributed by atoms with Crippen molar-refractivity contribution in [1.82, 2.24) is 25.5 Å². The number of nitrogens with two attached hydrogens (primary N) is 1. The van der Waals surface area contributed by atoms with Crippen molar-refractivity contribution in [3.63, 3.8) is 0 Å². The Kier molecular flexibility index (Phi) is 5.92. The Morgan fingerprint density at radius 3 is 2.67 bits per heavy atom. The summed E-state index contributed by atoms with van der Waals surface area (Å²) in [6.07, 6.45) is 0. The van der Waals surface area contributed by atoms with E-state index >= 15 is 0 Å². The van der Waals surface area contributed by atoms with Gasteiger partial charge in [-0.25, -0.2) is 9.47 Å². The summed E-state index contributed by atoms with van der Waals surface area (Å²) in [6, 6.07) is 4.31.